The summed E-state index contributed by atoms with van der Waals surface area (Å²) < 4.78 is 26.3. The van der Waals surface area contributed by atoms with Crippen molar-refractivity contribution in [2.75, 3.05) is 24.7 Å². The lowest BCUT2D eigenvalue weighted by Crippen LogP contribution is -2.51. The van der Waals surface area contributed by atoms with Gasteiger partial charge in [-0.1, -0.05) is 32.4 Å². The van der Waals surface area contributed by atoms with Gasteiger partial charge >= 0.3 is 0 Å². The summed E-state index contributed by atoms with van der Waals surface area (Å²) in [5.74, 6) is 1.60. The fourth-order valence-electron chi connectivity index (χ4n) is 3.07. The third-order valence-electron chi connectivity index (χ3n) is 5.11. The maximum Gasteiger partial charge on any atom is 0.241 e. The van der Waals surface area contributed by atoms with E-state index in [1.807, 2.05) is 0 Å². The molecule has 1 aliphatic rings. The number of β-amino-alcohol motifs (C(OH)–C–C–N with tert-alkyl or cyclic N) is 1. The van der Waals surface area contributed by atoms with Crippen LogP contribution in [0.4, 0.5) is 5.95 Å². The van der Waals surface area contributed by atoms with Crippen LogP contribution in [0.3, 0.4) is 0 Å². The molecule has 1 fully saturated rings. The number of anilines is 1. The van der Waals surface area contributed by atoms with Gasteiger partial charge < -0.3 is 10.4 Å². The summed E-state index contributed by atoms with van der Waals surface area (Å²) >= 11 is 6.22. The molecule has 2 aromatic heterocycles. The molecule has 0 radical (unpaired) electrons. The number of aliphatic hydroxyl groups excluding tert-OH is 1. The SMILES string of the molecule is CC(C)C(C)c1nc(Cl)c2cnc(NC3CCN(S(C)(=O)=O)CC3O)nn12. The maximum atomic E-state index is 11.6. The van der Waals surface area contributed by atoms with Crippen LogP contribution >= 0.6 is 11.6 Å². The number of rotatable bonds is 5. The normalized spacial score (nSPS) is 23.1. The second kappa shape index (κ2) is 7.50. The molecule has 150 valence electrons. The van der Waals surface area contributed by atoms with Crippen LogP contribution in [-0.2, 0) is 10.0 Å². The van der Waals surface area contributed by atoms with E-state index in [1.165, 1.54) is 4.31 Å². The van der Waals surface area contributed by atoms with E-state index in [0.29, 0.717) is 35.5 Å². The number of aromatic nitrogens is 4. The Bertz CT molecular complexity index is 932. The molecule has 0 saturated carbocycles. The van der Waals surface area contributed by atoms with Crippen molar-refractivity contribution >= 4 is 33.1 Å². The molecule has 0 aliphatic carbocycles. The predicted molar refractivity (Wildman–Crippen MR) is 103 cm³/mol. The van der Waals surface area contributed by atoms with Gasteiger partial charge in [-0.25, -0.2) is 22.9 Å². The Hall–Kier alpha value is -1.49. The van der Waals surface area contributed by atoms with E-state index in [1.54, 1.807) is 10.7 Å². The highest BCUT2D eigenvalue weighted by atomic mass is 35.5. The lowest BCUT2D eigenvalue weighted by Gasteiger charge is -2.34. The van der Waals surface area contributed by atoms with E-state index in [4.69, 9.17) is 11.6 Å². The highest BCUT2D eigenvalue weighted by Crippen LogP contribution is 2.27. The third-order valence-corrected chi connectivity index (χ3v) is 6.66. The number of aliphatic hydroxyl groups is 1. The topological polar surface area (TPSA) is 113 Å². The maximum absolute atomic E-state index is 11.6. The van der Waals surface area contributed by atoms with Gasteiger partial charge in [0.15, 0.2) is 5.15 Å². The fraction of sp³-hybridized carbons (Fsp3) is 0.688. The summed E-state index contributed by atoms with van der Waals surface area (Å²) in [4.78, 5) is 8.70. The van der Waals surface area contributed by atoms with Crippen molar-refractivity contribution in [3.05, 3.63) is 17.2 Å². The Morgan fingerprint density at radius 2 is 2.07 bits per heavy atom. The number of piperidine rings is 1. The van der Waals surface area contributed by atoms with Crippen LogP contribution in [0.2, 0.25) is 5.15 Å². The zero-order valence-electron chi connectivity index (χ0n) is 15.8. The second-order valence-electron chi connectivity index (χ2n) is 7.40. The van der Waals surface area contributed by atoms with E-state index in [0.717, 1.165) is 12.1 Å². The number of hydrogen-bond donors (Lipinski definition) is 2. The zero-order chi connectivity index (χ0) is 19.9. The molecule has 3 heterocycles. The van der Waals surface area contributed by atoms with Crippen molar-refractivity contribution in [3.63, 3.8) is 0 Å². The van der Waals surface area contributed by atoms with Crippen molar-refractivity contribution in [1.29, 1.82) is 0 Å². The quantitative estimate of drug-likeness (QED) is 0.756. The minimum Gasteiger partial charge on any atom is -0.390 e. The summed E-state index contributed by atoms with van der Waals surface area (Å²) in [6, 6.07) is -0.342. The molecule has 3 unspecified atom stereocenters. The number of fused-ring (bicyclic) bond motifs is 1. The minimum atomic E-state index is -3.32. The van der Waals surface area contributed by atoms with Crippen LogP contribution in [0.15, 0.2) is 6.20 Å². The lowest BCUT2D eigenvalue weighted by molar-refractivity contribution is 0.0950. The van der Waals surface area contributed by atoms with Crippen LogP contribution in [-0.4, -0.2) is 68.9 Å². The Morgan fingerprint density at radius 3 is 2.67 bits per heavy atom. The van der Waals surface area contributed by atoms with E-state index in [2.05, 4.69) is 41.2 Å². The van der Waals surface area contributed by atoms with Crippen LogP contribution < -0.4 is 5.32 Å². The highest BCUT2D eigenvalue weighted by molar-refractivity contribution is 7.88. The van der Waals surface area contributed by atoms with Crippen molar-refractivity contribution < 1.29 is 13.5 Å². The predicted octanol–water partition coefficient (Wildman–Crippen LogP) is 1.34. The first-order valence-electron chi connectivity index (χ1n) is 8.88. The van der Waals surface area contributed by atoms with E-state index < -0.39 is 16.1 Å². The van der Waals surface area contributed by atoms with Crippen LogP contribution in [0.25, 0.3) is 5.52 Å². The molecule has 2 N–H and O–H groups in total. The molecular formula is C16H25ClN6O3S. The van der Waals surface area contributed by atoms with E-state index >= 15 is 0 Å². The average molecular weight is 417 g/mol. The van der Waals surface area contributed by atoms with Crippen LogP contribution in [0.1, 0.15) is 38.9 Å². The largest absolute Gasteiger partial charge is 0.390 e. The summed E-state index contributed by atoms with van der Waals surface area (Å²) in [5, 5.41) is 18.3. The van der Waals surface area contributed by atoms with Crippen molar-refractivity contribution in [2.24, 2.45) is 5.92 Å². The van der Waals surface area contributed by atoms with E-state index in [9.17, 15) is 13.5 Å². The number of nitrogens with zero attached hydrogens (tertiary/aromatic N) is 5. The Kier molecular flexibility index (Phi) is 5.62. The summed E-state index contributed by atoms with van der Waals surface area (Å²) in [6.45, 7) is 6.65. The number of nitrogens with one attached hydrogen (secondary N) is 1. The molecule has 3 rings (SSSR count). The van der Waals surface area contributed by atoms with Gasteiger partial charge in [-0.15, -0.1) is 5.10 Å². The van der Waals surface area contributed by atoms with Gasteiger partial charge in [-0.3, -0.25) is 0 Å². The van der Waals surface area contributed by atoms with Gasteiger partial charge in [0.2, 0.25) is 16.0 Å². The summed E-state index contributed by atoms with van der Waals surface area (Å²) in [6.07, 6.45) is 2.34. The highest BCUT2D eigenvalue weighted by Gasteiger charge is 2.32. The average Bonchev–Trinajstić information content (AvgIpc) is 2.91. The van der Waals surface area contributed by atoms with Gasteiger partial charge in [0.1, 0.15) is 11.3 Å². The van der Waals surface area contributed by atoms with Crippen LogP contribution in [0.5, 0.6) is 0 Å². The number of sulfonamides is 1. The molecule has 9 nitrogen and oxygen atoms in total. The molecule has 11 heteroatoms. The third kappa shape index (κ3) is 4.18. The van der Waals surface area contributed by atoms with Crippen molar-refractivity contribution in [3.8, 4) is 0 Å². The number of halogens is 1. The molecule has 1 aliphatic heterocycles. The Labute approximate surface area is 163 Å². The molecule has 1 saturated heterocycles. The monoisotopic (exact) mass is 416 g/mol. The lowest BCUT2D eigenvalue weighted by atomic mass is 9.98. The first-order chi connectivity index (χ1) is 12.6. The van der Waals surface area contributed by atoms with E-state index in [-0.39, 0.29) is 18.5 Å². The molecule has 0 spiro atoms. The molecular weight excluding hydrogens is 392 g/mol. The van der Waals surface area contributed by atoms with Gasteiger partial charge in [0, 0.05) is 19.0 Å². The van der Waals surface area contributed by atoms with Gasteiger partial charge in [-0.2, -0.15) is 4.31 Å². The van der Waals surface area contributed by atoms with Crippen molar-refractivity contribution in [1.82, 2.24) is 23.9 Å². The van der Waals surface area contributed by atoms with Gasteiger partial charge in [-0.05, 0) is 12.3 Å². The Morgan fingerprint density at radius 1 is 1.37 bits per heavy atom. The first-order valence-corrected chi connectivity index (χ1v) is 11.1. The molecule has 0 aromatic carbocycles. The van der Waals surface area contributed by atoms with Gasteiger partial charge in [0.05, 0.1) is 24.6 Å². The molecule has 0 bridgehead atoms. The van der Waals surface area contributed by atoms with Crippen LogP contribution in [0, 0.1) is 5.92 Å². The summed E-state index contributed by atoms with van der Waals surface area (Å²) in [7, 11) is -3.32. The minimum absolute atomic E-state index is 0.0469. The molecule has 3 atom stereocenters. The van der Waals surface area contributed by atoms with Gasteiger partial charge in [0.25, 0.3) is 0 Å². The molecule has 0 amide bonds. The second-order valence-corrected chi connectivity index (χ2v) is 9.74. The zero-order valence-corrected chi connectivity index (χ0v) is 17.4. The number of imidazole rings is 1. The molecule has 2 aromatic rings. The fourth-order valence-corrected chi connectivity index (χ4v) is 4.14. The summed E-state index contributed by atoms with van der Waals surface area (Å²) in [5.41, 5.74) is 0.622. The number of hydrogen-bond acceptors (Lipinski definition) is 7. The first kappa shape index (κ1) is 20.2. The smallest absolute Gasteiger partial charge is 0.241 e. The standard InChI is InChI=1S/C16H25ClN6O3S/c1-9(2)10(3)15-20-14(17)12-7-18-16(21-23(12)15)19-11-5-6-22(8-13(11)24)27(4,25)26/h7,9-11,13,24H,5-6,8H2,1-4H3,(H,19,21). The molecule has 27 heavy (non-hydrogen) atoms. The Balaban J connectivity index is 1.83. The van der Waals surface area contributed by atoms with Crippen molar-refractivity contribution in [2.45, 2.75) is 45.3 Å².